The van der Waals surface area contributed by atoms with E-state index >= 15 is 0 Å². The summed E-state index contributed by atoms with van der Waals surface area (Å²) in [5.41, 5.74) is 1.22. The van der Waals surface area contributed by atoms with Crippen molar-refractivity contribution < 1.29 is 9.53 Å². The van der Waals surface area contributed by atoms with Gasteiger partial charge < -0.3 is 9.64 Å². The highest BCUT2D eigenvalue weighted by atomic mass is 16.5. The highest BCUT2D eigenvalue weighted by Crippen LogP contribution is 2.36. The van der Waals surface area contributed by atoms with Crippen LogP contribution in [0.3, 0.4) is 0 Å². The molecule has 0 amide bonds. The first-order valence-corrected chi connectivity index (χ1v) is 6.21. The summed E-state index contributed by atoms with van der Waals surface area (Å²) in [5.74, 6) is 1.61. The molecular formula is C14H17NO2. The van der Waals surface area contributed by atoms with Crippen LogP contribution in [-0.2, 0) is 4.79 Å². The van der Waals surface area contributed by atoms with E-state index in [1.54, 1.807) is 7.11 Å². The van der Waals surface area contributed by atoms with Gasteiger partial charge in [0.15, 0.2) is 0 Å². The smallest absolute Gasteiger partial charge is 0.139 e. The van der Waals surface area contributed by atoms with Crippen molar-refractivity contribution in [3.63, 3.8) is 0 Å². The molecule has 1 aromatic carbocycles. The van der Waals surface area contributed by atoms with Gasteiger partial charge >= 0.3 is 0 Å². The summed E-state index contributed by atoms with van der Waals surface area (Å²) in [5, 5.41) is 0. The van der Waals surface area contributed by atoms with Crippen LogP contribution >= 0.6 is 0 Å². The molecule has 0 radical (unpaired) electrons. The van der Waals surface area contributed by atoms with Crippen molar-refractivity contribution in [3.8, 4) is 5.75 Å². The van der Waals surface area contributed by atoms with Gasteiger partial charge in [0.25, 0.3) is 0 Å². The third-order valence-electron chi connectivity index (χ3n) is 4.00. The van der Waals surface area contributed by atoms with Crippen LogP contribution < -0.4 is 9.64 Å². The Labute approximate surface area is 101 Å². The molecule has 3 nitrogen and oxygen atoms in total. The van der Waals surface area contributed by atoms with E-state index in [4.69, 9.17) is 4.74 Å². The number of ether oxygens (including phenoxy) is 1. The van der Waals surface area contributed by atoms with Crippen LogP contribution in [0.4, 0.5) is 5.69 Å². The second-order valence-corrected chi connectivity index (χ2v) is 4.95. The Hall–Kier alpha value is -1.51. The zero-order valence-electron chi connectivity index (χ0n) is 10.1. The van der Waals surface area contributed by atoms with Gasteiger partial charge in [0.2, 0.25) is 0 Å². The summed E-state index contributed by atoms with van der Waals surface area (Å²) in [4.78, 5) is 14.1. The third-order valence-corrected chi connectivity index (χ3v) is 4.00. The zero-order chi connectivity index (χ0) is 11.8. The number of methoxy groups -OCH3 is 1. The molecule has 2 aliphatic heterocycles. The Kier molecular flexibility index (Phi) is 2.54. The van der Waals surface area contributed by atoms with Gasteiger partial charge in [0, 0.05) is 30.6 Å². The minimum absolute atomic E-state index is 0.266. The van der Waals surface area contributed by atoms with E-state index in [9.17, 15) is 4.79 Å². The molecule has 1 aliphatic carbocycles. The van der Waals surface area contributed by atoms with Crippen molar-refractivity contribution in [2.24, 2.45) is 5.92 Å². The van der Waals surface area contributed by atoms with E-state index in [0.717, 1.165) is 31.6 Å². The van der Waals surface area contributed by atoms with Crippen LogP contribution in [0.2, 0.25) is 0 Å². The van der Waals surface area contributed by atoms with Crippen LogP contribution in [-0.4, -0.2) is 25.5 Å². The minimum atomic E-state index is 0.266. The first kappa shape index (κ1) is 10.6. The number of fused-ring (bicyclic) bond motifs is 3. The van der Waals surface area contributed by atoms with E-state index in [0.29, 0.717) is 11.8 Å². The molecule has 0 spiro atoms. The third kappa shape index (κ3) is 1.79. The number of piperidine rings is 2. The van der Waals surface area contributed by atoms with Gasteiger partial charge in [-0.1, -0.05) is 0 Å². The average Bonchev–Trinajstić information content (AvgIpc) is 2.39. The highest BCUT2D eigenvalue weighted by Gasteiger charge is 2.39. The summed E-state index contributed by atoms with van der Waals surface area (Å²) in [6.07, 6.45) is 2.97. The molecule has 3 heteroatoms. The van der Waals surface area contributed by atoms with Gasteiger partial charge in [-0.2, -0.15) is 0 Å². The van der Waals surface area contributed by atoms with Gasteiger partial charge in [-0.05, 0) is 37.1 Å². The summed E-state index contributed by atoms with van der Waals surface area (Å²) >= 11 is 0. The number of nitrogens with zero attached hydrogens (tertiary/aromatic N) is 1. The lowest BCUT2D eigenvalue weighted by atomic mass is 9.78. The SMILES string of the molecule is COc1ccc(N2C[C@@H]3CC[C@@H]2CC3=O)cc1. The maximum absolute atomic E-state index is 11.7. The Balaban J connectivity index is 1.82. The quantitative estimate of drug-likeness (QED) is 0.782. The van der Waals surface area contributed by atoms with Gasteiger partial charge in [-0.15, -0.1) is 0 Å². The molecule has 0 N–H and O–H groups in total. The minimum Gasteiger partial charge on any atom is -0.497 e. The maximum atomic E-state index is 11.7. The molecule has 2 bridgehead atoms. The second kappa shape index (κ2) is 4.06. The van der Waals surface area contributed by atoms with Gasteiger partial charge in [0.1, 0.15) is 11.5 Å². The molecule has 3 aliphatic rings. The number of Topliss-reactive ketones (excluding diaryl/α,β-unsaturated/α-hetero) is 1. The molecular weight excluding hydrogens is 214 g/mol. The molecule has 1 aromatic rings. The van der Waals surface area contributed by atoms with Gasteiger partial charge in [0.05, 0.1) is 7.11 Å². The van der Waals surface area contributed by atoms with Crippen molar-refractivity contribution in [2.75, 3.05) is 18.6 Å². The number of benzene rings is 1. The number of hydrogen-bond acceptors (Lipinski definition) is 3. The number of rotatable bonds is 2. The summed E-state index contributed by atoms with van der Waals surface area (Å²) < 4.78 is 5.16. The van der Waals surface area contributed by atoms with Crippen LogP contribution in [0, 0.1) is 5.92 Å². The van der Waals surface area contributed by atoms with Gasteiger partial charge in [-0.25, -0.2) is 0 Å². The molecule has 90 valence electrons. The lowest BCUT2D eigenvalue weighted by Gasteiger charge is -2.45. The number of ketones is 1. The molecule has 2 heterocycles. The van der Waals surface area contributed by atoms with Crippen LogP contribution in [0.5, 0.6) is 5.75 Å². The largest absolute Gasteiger partial charge is 0.497 e. The first-order chi connectivity index (χ1) is 8.28. The Morgan fingerprint density at radius 2 is 2.00 bits per heavy atom. The predicted molar refractivity (Wildman–Crippen MR) is 66.5 cm³/mol. The molecule has 0 aromatic heterocycles. The van der Waals surface area contributed by atoms with Crippen molar-refractivity contribution in [3.05, 3.63) is 24.3 Å². The molecule has 3 fully saturated rings. The molecule has 17 heavy (non-hydrogen) atoms. The normalized spacial score (nSPS) is 27.4. The average molecular weight is 231 g/mol. The molecule has 4 rings (SSSR count). The first-order valence-electron chi connectivity index (χ1n) is 6.21. The van der Waals surface area contributed by atoms with Crippen molar-refractivity contribution in [1.82, 2.24) is 0 Å². The van der Waals surface area contributed by atoms with Crippen LogP contribution in [0.25, 0.3) is 0 Å². The Bertz CT molecular complexity index is 426. The summed E-state index contributed by atoms with van der Waals surface area (Å²) in [7, 11) is 1.68. The molecule has 0 unspecified atom stereocenters. The molecule has 2 saturated heterocycles. The fraction of sp³-hybridized carbons (Fsp3) is 0.500. The molecule has 1 saturated carbocycles. The van der Waals surface area contributed by atoms with Crippen LogP contribution in [0.1, 0.15) is 19.3 Å². The second-order valence-electron chi connectivity index (χ2n) is 4.95. The van der Waals surface area contributed by atoms with E-state index in [2.05, 4.69) is 17.0 Å². The fourth-order valence-electron chi connectivity index (χ4n) is 2.99. The predicted octanol–water partition coefficient (Wildman–Crippen LogP) is 2.25. The van der Waals surface area contributed by atoms with Crippen LogP contribution in [0.15, 0.2) is 24.3 Å². The zero-order valence-corrected chi connectivity index (χ0v) is 10.1. The summed E-state index contributed by atoms with van der Waals surface area (Å²) in [6.45, 7) is 0.899. The van der Waals surface area contributed by atoms with E-state index < -0.39 is 0 Å². The lowest BCUT2D eigenvalue weighted by molar-refractivity contribution is -0.126. The molecule has 2 atom stereocenters. The number of hydrogen-bond donors (Lipinski definition) is 0. The van der Waals surface area contributed by atoms with Gasteiger partial charge in [-0.3, -0.25) is 4.79 Å². The van der Waals surface area contributed by atoms with E-state index in [-0.39, 0.29) is 5.92 Å². The Morgan fingerprint density at radius 3 is 2.53 bits per heavy atom. The highest BCUT2D eigenvalue weighted by molar-refractivity contribution is 5.85. The van der Waals surface area contributed by atoms with E-state index in [1.807, 2.05) is 12.1 Å². The van der Waals surface area contributed by atoms with Crippen molar-refractivity contribution >= 4 is 11.5 Å². The number of anilines is 1. The lowest BCUT2D eigenvalue weighted by Crippen LogP contribution is -2.52. The topological polar surface area (TPSA) is 29.5 Å². The summed E-state index contributed by atoms with van der Waals surface area (Å²) in [6, 6.07) is 8.56. The number of carbonyl (C=O) groups is 1. The fourth-order valence-corrected chi connectivity index (χ4v) is 2.99. The maximum Gasteiger partial charge on any atom is 0.139 e. The number of carbonyl (C=O) groups excluding carboxylic acids is 1. The van der Waals surface area contributed by atoms with Crippen molar-refractivity contribution in [2.45, 2.75) is 25.3 Å². The standard InChI is InChI=1S/C14H17NO2/c1-17-13-6-4-11(5-7-13)15-9-10-2-3-12(15)8-14(10)16/h4-7,10,12H,2-3,8-9H2,1H3/t10-,12+/m0/s1. The van der Waals surface area contributed by atoms with E-state index in [1.165, 1.54) is 5.69 Å². The Morgan fingerprint density at radius 1 is 1.24 bits per heavy atom. The monoisotopic (exact) mass is 231 g/mol. The van der Waals surface area contributed by atoms with Crippen molar-refractivity contribution in [1.29, 1.82) is 0 Å².